The number of rotatable bonds is 63. The summed E-state index contributed by atoms with van der Waals surface area (Å²) < 4.78 is 30.8. The van der Waals surface area contributed by atoms with Crippen molar-refractivity contribution in [2.75, 3.05) is 40.9 Å². The number of quaternary nitrogens is 1. The Labute approximate surface area is 536 Å². The number of hydrogen-bond acceptors (Lipinski definition) is 6. The van der Waals surface area contributed by atoms with Crippen molar-refractivity contribution in [2.24, 2.45) is 0 Å². The van der Waals surface area contributed by atoms with Crippen LogP contribution in [-0.2, 0) is 27.9 Å². The highest BCUT2D eigenvalue weighted by Gasteiger charge is 2.30. The average Bonchev–Trinajstić information content (AvgIpc) is 3.69. The van der Waals surface area contributed by atoms with E-state index in [1.54, 1.807) is 0 Å². The van der Waals surface area contributed by atoms with E-state index in [1.807, 2.05) is 33.3 Å². The molecule has 0 saturated heterocycles. The van der Waals surface area contributed by atoms with E-state index >= 15 is 0 Å². The highest BCUT2D eigenvalue weighted by molar-refractivity contribution is 7.47. The van der Waals surface area contributed by atoms with E-state index < -0.39 is 20.0 Å². The molecule has 2 N–H and O–H groups in total. The Morgan fingerprint density at radius 2 is 0.736 bits per heavy atom. The SMILES string of the molecule is CC/C=C\C/C=C\C/C=C\C/C=C\C/C=C\C/C=C\CCCCCCC(=O)NC(COP(=O)(O)OCC[N+](C)(C)C)C(/C=C/CCCCCCCCCCCCC)OC(=O)CCCCCCCCCCC/C=C\C/C=C\C/C=C\C/C=C\CCCCC. The fraction of sp³-hybridized carbons (Fsp3) is 0.688. The van der Waals surface area contributed by atoms with Gasteiger partial charge in [0.1, 0.15) is 19.3 Å². The highest BCUT2D eigenvalue weighted by Crippen LogP contribution is 2.43. The van der Waals surface area contributed by atoms with Crippen molar-refractivity contribution in [2.45, 2.75) is 303 Å². The Hall–Kier alpha value is -3.85. The van der Waals surface area contributed by atoms with Crippen LogP contribution in [0, 0.1) is 0 Å². The summed E-state index contributed by atoms with van der Waals surface area (Å²) in [7, 11) is 1.46. The summed E-state index contributed by atoms with van der Waals surface area (Å²) in [5.74, 6) is -0.545. The molecule has 0 saturated carbocycles. The predicted octanol–water partition coefficient (Wildman–Crippen LogP) is 22.8. The van der Waals surface area contributed by atoms with Crippen molar-refractivity contribution in [1.29, 1.82) is 0 Å². The molecule has 9 nitrogen and oxygen atoms in total. The molecule has 10 heteroatoms. The van der Waals surface area contributed by atoms with Gasteiger partial charge >= 0.3 is 13.8 Å². The van der Waals surface area contributed by atoms with Crippen LogP contribution < -0.4 is 5.32 Å². The minimum absolute atomic E-state index is 0.0268. The molecule has 0 bridgehead atoms. The van der Waals surface area contributed by atoms with Gasteiger partial charge in [0, 0.05) is 12.8 Å². The van der Waals surface area contributed by atoms with Crippen LogP contribution in [0.25, 0.3) is 0 Å². The first-order chi connectivity index (χ1) is 42.4. The number of carbonyl (C=O) groups excluding carboxylic acids is 2. The fourth-order valence-corrected chi connectivity index (χ4v) is 10.4. The van der Waals surface area contributed by atoms with Gasteiger partial charge in [-0.25, -0.2) is 4.57 Å². The number of carbonyl (C=O) groups is 2. The Kier molecular flexibility index (Phi) is 62.2. The van der Waals surface area contributed by atoms with Gasteiger partial charge in [0.05, 0.1) is 33.8 Å². The highest BCUT2D eigenvalue weighted by atomic mass is 31.2. The largest absolute Gasteiger partial charge is 0.472 e. The fourth-order valence-electron chi connectivity index (χ4n) is 9.63. The van der Waals surface area contributed by atoms with Gasteiger partial charge in [0.2, 0.25) is 5.91 Å². The summed E-state index contributed by atoms with van der Waals surface area (Å²) in [6.07, 6.45) is 93.1. The zero-order valence-corrected chi connectivity index (χ0v) is 57.9. The molecule has 498 valence electrons. The summed E-state index contributed by atoms with van der Waals surface area (Å²) in [4.78, 5) is 37.9. The van der Waals surface area contributed by atoms with E-state index in [9.17, 15) is 19.0 Å². The molecule has 0 heterocycles. The first-order valence-electron chi connectivity index (χ1n) is 35.5. The van der Waals surface area contributed by atoms with Gasteiger partial charge in [-0.05, 0) is 128 Å². The molecule has 3 atom stereocenters. The Morgan fingerprint density at radius 1 is 0.414 bits per heavy atom. The summed E-state index contributed by atoms with van der Waals surface area (Å²) in [6, 6.07) is -0.876. The van der Waals surface area contributed by atoms with E-state index in [2.05, 4.69) is 148 Å². The summed E-state index contributed by atoms with van der Waals surface area (Å²) in [5.41, 5.74) is 0. The second-order valence-corrected chi connectivity index (χ2v) is 26.1. The van der Waals surface area contributed by atoms with Crippen LogP contribution in [0.5, 0.6) is 0 Å². The van der Waals surface area contributed by atoms with Crippen LogP contribution in [0.15, 0.2) is 134 Å². The predicted molar refractivity (Wildman–Crippen MR) is 378 cm³/mol. The molecule has 87 heavy (non-hydrogen) atoms. The lowest BCUT2D eigenvalue weighted by atomic mass is 10.0. The van der Waals surface area contributed by atoms with Crippen LogP contribution in [-0.4, -0.2) is 74.3 Å². The standard InChI is InChI=1S/C77H133N2O7P/c1-7-10-13-16-19-22-25-28-30-32-34-36-38-39-41-43-45-47-49-52-55-58-61-64-67-70-77(81)86-75(68-65-62-59-56-53-50-27-24-21-18-15-12-9-3)74(73-85-87(82,83)84-72-71-79(4,5)6)78-76(80)69-66-63-60-57-54-51-48-46-44-42-40-37-35-33-31-29-26-23-20-17-14-11-8-2/h11,14,19-20,22-23,28-31,34-37,39,41-42,44,48,51,65,68,74-75H,7-10,12-13,15-18,21,24-27,32-33,38,40,43,45-47,49-50,52-64,66-67,69-73H2,1-6H3,(H-,78,80,82,83)/p+1/b14-11-,22-19-,23-20-,30-28-,31-29-,36-34-,37-35-,41-39-,44-42-,51-48-,68-65+. The molecule has 0 aromatic carbocycles. The van der Waals surface area contributed by atoms with E-state index in [1.165, 1.54) is 116 Å². The first kappa shape index (κ1) is 83.2. The summed E-state index contributed by atoms with van der Waals surface area (Å²) in [6.45, 7) is 6.85. The molecular formula is C77H134N2O7P+. The number of likely N-dealkylation sites (N-methyl/N-ethyl adjacent to an activating group) is 1. The minimum Gasteiger partial charge on any atom is -0.456 e. The van der Waals surface area contributed by atoms with Gasteiger partial charge < -0.3 is 19.4 Å². The Balaban J connectivity index is 5.21. The van der Waals surface area contributed by atoms with Crippen molar-refractivity contribution in [3.63, 3.8) is 0 Å². The molecule has 0 aromatic rings. The van der Waals surface area contributed by atoms with E-state index in [-0.39, 0.29) is 31.5 Å². The van der Waals surface area contributed by atoms with Crippen LogP contribution in [0.4, 0.5) is 0 Å². The molecule has 0 aliphatic heterocycles. The number of ether oxygens (including phenoxy) is 1. The van der Waals surface area contributed by atoms with E-state index in [0.29, 0.717) is 23.9 Å². The topological polar surface area (TPSA) is 111 Å². The molecular weight excluding hydrogens is 1100 g/mol. The molecule has 1 amide bonds. The number of amides is 1. The third-order valence-corrected chi connectivity index (χ3v) is 16.1. The van der Waals surface area contributed by atoms with E-state index in [4.69, 9.17) is 13.8 Å². The third-order valence-electron chi connectivity index (χ3n) is 15.1. The number of phosphoric ester groups is 1. The number of unbranched alkanes of at least 4 members (excludes halogenated alkanes) is 27. The maximum atomic E-state index is 13.6. The van der Waals surface area contributed by atoms with Gasteiger partial charge in [0.25, 0.3) is 0 Å². The molecule has 0 aliphatic carbocycles. The van der Waals surface area contributed by atoms with Crippen molar-refractivity contribution < 1.29 is 37.3 Å². The second kappa shape index (κ2) is 65.1. The monoisotopic (exact) mass is 1230 g/mol. The van der Waals surface area contributed by atoms with Gasteiger partial charge in [-0.15, -0.1) is 0 Å². The van der Waals surface area contributed by atoms with Crippen LogP contribution >= 0.6 is 7.82 Å². The van der Waals surface area contributed by atoms with Crippen LogP contribution in [0.2, 0.25) is 0 Å². The molecule has 0 radical (unpaired) electrons. The van der Waals surface area contributed by atoms with Crippen LogP contribution in [0.1, 0.15) is 290 Å². The zero-order valence-electron chi connectivity index (χ0n) is 57.0. The molecule has 0 aromatic heterocycles. The third kappa shape index (κ3) is 66.4. The summed E-state index contributed by atoms with van der Waals surface area (Å²) >= 11 is 0. The maximum Gasteiger partial charge on any atom is 0.472 e. The number of nitrogens with zero attached hydrogens (tertiary/aromatic N) is 1. The lowest BCUT2D eigenvalue weighted by molar-refractivity contribution is -0.870. The normalized spacial score (nSPS) is 14.3. The molecule has 0 aliphatic rings. The van der Waals surface area contributed by atoms with Crippen LogP contribution in [0.3, 0.4) is 0 Å². The molecule has 0 spiro atoms. The van der Waals surface area contributed by atoms with Gasteiger partial charge in [-0.3, -0.25) is 18.6 Å². The van der Waals surface area contributed by atoms with Crippen molar-refractivity contribution >= 4 is 19.7 Å². The maximum absolute atomic E-state index is 13.6. The lowest BCUT2D eigenvalue weighted by Crippen LogP contribution is -2.47. The van der Waals surface area contributed by atoms with Crippen molar-refractivity contribution in [1.82, 2.24) is 5.32 Å². The van der Waals surface area contributed by atoms with E-state index in [0.717, 1.165) is 135 Å². The quantitative estimate of drug-likeness (QED) is 0.0205. The summed E-state index contributed by atoms with van der Waals surface area (Å²) in [5, 5.41) is 3.05. The average molecular weight is 1230 g/mol. The molecule has 0 fully saturated rings. The zero-order chi connectivity index (χ0) is 63.5. The van der Waals surface area contributed by atoms with Gasteiger partial charge in [-0.2, -0.15) is 0 Å². The lowest BCUT2D eigenvalue weighted by Gasteiger charge is -2.27. The Morgan fingerprint density at radius 3 is 1.13 bits per heavy atom. The van der Waals surface area contributed by atoms with Crippen molar-refractivity contribution in [3.05, 3.63) is 134 Å². The Bertz CT molecular complexity index is 1950. The number of nitrogens with one attached hydrogen (secondary N) is 1. The molecule has 0 rings (SSSR count). The smallest absolute Gasteiger partial charge is 0.456 e. The number of phosphoric acid groups is 1. The minimum atomic E-state index is -4.47. The van der Waals surface area contributed by atoms with Gasteiger partial charge in [0.15, 0.2) is 0 Å². The number of esters is 1. The second-order valence-electron chi connectivity index (χ2n) is 24.7. The van der Waals surface area contributed by atoms with Crippen molar-refractivity contribution in [3.8, 4) is 0 Å². The number of hydrogen-bond donors (Lipinski definition) is 2. The number of allylic oxidation sites excluding steroid dienone is 21. The first-order valence-corrected chi connectivity index (χ1v) is 37.0. The molecule has 3 unspecified atom stereocenters. The van der Waals surface area contributed by atoms with Gasteiger partial charge in [-0.1, -0.05) is 283 Å².